The summed E-state index contributed by atoms with van der Waals surface area (Å²) in [5.41, 5.74) is 0. The van der Waals surface area contributed by atoms with Gasteiger partial charge >= 0.3 is 0 Å². The Morgan fingerprint density at radius 3 is 2.44 bits per heavy atom. The van der Waals surface area contributed by atoms with Crippen molar-refractivity contribution in [1.82, 2.24) is 9.78 Å². The van der Waals surface area contributed by atoms with Gasteiger partial charge in [0.15, 0.2) is 5.82 Å². The molecule has 0 amide bonds. The second-order valence-corrected chi connectivity index (χ2v) is 4.98. The van der Waals surface area contributed by atoms with Crippen LogP contribution in [0.5, 0.6) is 0 Å². The number of sulfonamides is 1. The topological polar surface area (TPSA) is 64.0 Å². The lowest BCUT2D eigenvalue weighted by atomic mass is 10.4. The molecule has 16 heavy (non-hydrogen) atoms. The van der Waals surface area contributed by atoms with E-state index in [4.69, 9.17) is 0 Å². The van der Waals surface area contributed by atoms with Crippen molar-refractivity contribution in [2.75, 3.05) is 4.72 Å². The molecule has 1 heterocycles. The Bertz CT molecular complexity index is 575. The van der Waals surface area contributed by atoms with Crippen molar-refractivity contribution in [3.05, 3.63) is 42.6 Å². The van der Waals surface area contributed by atoms with Gasteiger partial charge in [0.25, 0.3) is 10.0 Å². The Kier molecular flexibility index (Phi) is 2.66. The molecule has 84 valence electrons. The molecule has 5 nitrogen and oxygen atoms in total. The lowest BCUT2D eigenvalue weighted by Gasteiger charge is -2.04. The molecule has 0 atom stereocenters. The molecule has 1 aromatic carbocycles. The summed E-state index contributed by atoms with van der Waals surface area (Å²) >= 11 is 0. The predicted octanol–water partition coefficient (Wildman–Crippen LogP) is 1.22. The monoisotopic (exact) mass is 237 g/mol. The quantitative estimate of drug-likeness (QED) is 0.873. The molecule has 0 bridgehead atoms. The number of nitrogens with one attached hydrogen (secondary N) is 1. The van der Waals surface area contributed by atoms with E-state index in [0.29, 0.717) is 5.82 Å². The number of rotatable bonds is 3. The van der Waals surface area contributed by atoms with Gasteiger partial charge in [-0.2, -0.15) is 5.10 Å². The highest BCUT2D eigenvalue weighted by Crippen LogP contribution is 2.13. The fraction of sp³-hybridized carbons (Fsp3) is 0.100. The van der Waals surface area contributed by atoms with Crippen molar-refractivity contribution in [3.8, 4) is 0 Å². The van der Waals surface area contributed by atoms with E-state index in [2.05, 4.69) is 9.82 Å². The lowest BCUT2D eigenvalue weighted by Crippen LogP contribution is -2.13. The zero-order valence-corrected chi connectivity index (χ0v) is 9.48. The van der Waals surface area contributed by atoms with E-state index in [9.17, 15) is 8.42 Å². The van der Waals surface area contributed by atoms with Crippen LogP contribution in [-0.2, 0) is 17.1 Å². The van der Waals surface area contributed by atoms with Gasteiger partial charge in [-0.05, 0) is 12.1 Å². The van der Waals surface area contributed by atoms with E-state index in [0.717, 1.165) is 0 Å². The minimum absolute atomic E-state index is 0.223. The maximum Gasteiger partial charge on any atom is 0.263 e. The first kappa shape index (κ1) is 10.7. The molecule has 0 aliphatic carbocycles. The Morgan fingerprint density at radius 1 is 1.19 bits per heavy atom. The van der Waals surface area contributed by atoms with E-state index >= 15 is 0 Å². The summed E-state index contributed by atoms with van der Waals surface area (Å²) in [6, 6.07) is 9.77. The summed E-state index contributed by atoms with van der Waals surface area (Å²) < 4.78 is 27.6. The van der Waals surface area contributed by atoms with Crippen LogP contribution in [-0.4, -0.2) is 18.2 Å². The summed E-state index contributed by atoms with van der Waals surface area (Å²) in [4.78, 5) is 0.223. The van der Waals surface area contributed by atoms with Crippen LogP contribution >= 0.6 is 0 Å². The third kappa shape index (κ3) is 2.22. The van der Waals surface area contributed by atoms with Crippen LogP contribution < -0.4 is 4.72 Å². The van der Waals surface area contributed by atoms with Gasteiger partial charge in [-0.1, -0.05) is 18.2 Å². The molecule has 0 aliphatic rings. The van der Waals surface area contributed by atoms with Gasteiger partial charge in [0.1, 0.15) is 0 Å². The summed E-state index contributed by atoms with van der Waals surface area (Å²) in [6.45, 7) is 0. The van der Waals surface area contributed by atoms with Crippen molar-refractivity contribution in [1.29, 1.82) is 0 Å². The van der Waals surface area contributed by atoms with Crippen molar-refractivity contribution in [3.63, 3.8) is 0 Å². The molecule has 1 aromatic heterocycles. The number of aryl methyl sites for hydroxylation is 1. The zero-order chi connectivity index (χ0) is 11.6. The molecule has 0 radical (unpaired) electrons. The van der Waals surface area contributed by atoms with Gasteiger partial charge in [0, 0.05) is 19.3 Å². The largest absolute Gasteiger partial charge is 0.274 e. The summed E-state index contributed by atoms with van der Waals surface area (Å²) in [5, 5.41) is 3.95. The molecular weight excluding hydrogens is 226 g/mol. The van der Waals surface area contributed by atoms with E-state index in [-0.39, 0.29) is 4.90 Å². The minimum Gasteiger partial charge on any atom is -0.274 e. The zero-order valence-electron chi connectivity index (χ0n) is 8.66. The predicted molar refractivity (Wildman–Crippen MR) is 60.5 cm³/mol. The molecule has 1 N–H and O–H groups in total. The number of hydrogen-bond donors (Lipinski definition) is 1. The first-order valence-electron chi connectivity index (χ1n) is 4.65. The van der Waals surface area contributed by atoms with E-state index < -0.39 is 10.0 Å². The van der Waals surface area contributed by atoms with Crippen molar-refractivity contribution >= 4 is 15.8 Å². The molecule has 2 rings (SSSR count). The molecule has 0 spiro atoms. The molecule has 0 saturated carbocycles. The average Bonchev–Trinajstić information content (AvgIpc) is 2.64. The molecule has 0 unspecified atom stereocenters. The highest BCUT2D eigenvalue weighted by atomic mass is 32.2. The molecule has 0 saturated heterocycles. The highest BCUT2D eigenvalue weighted by molar-refractivity contribution is 7.92. The lowest BCUT2D eigenvalue weighted by molar-refractivity contribution is 0.601. The highest BCUT2D eigenvalue weighted by Gasteiger charge is 2.14. The van der Waals surface area contributed by atoms with Gasteiger partial charge in [-0.3, -0.25) is 9.40 Å². The maximum absolute atomic E-state index is 11.9. The van der Waals surface area contributed by atoms with Gasteiger partial charge in [-0.15, -0.1) is 0 Å². The standard InChI is InChI=1S/C10H11N3O2S/c1-13-8-7-10(11-13)12-16(14,15)9-5-3-2-4-6-9/h2-8H,1H3,(H,11,12). The maximum atomic E-state index is 11.9. The molecular formula is C10H11N3O2S. The van der Waals surface area contributed by atoms with E-state index in [1.807, 2.05) is 0 Å². The van der Waals surface area contributed by atoms with Crippen molar-refractivity contribution in [2.45, 2.75) is 4.90 Å². The fourth-order valence-corrected chi connectivity index (χ4v) is 2.28. The van der Waals surface area contributed by atoms with Crippen LogP contribution in [0.3, 0.4) is 0 Å². The first-order valence-corrected chi connectivity index (χ1v) is 6.14. The average molecular weight is 237 g/mol. The van der Waals surface area contributed by atoms with Crippen molar-refractivity contribution < 1.29 is 8.42 Å². The second kappa shape index (κ2) is 3.97. The van der Waals surface area contributed by atoms with Crippen LogP contribution in [0.2, 0.25) is 0 Å². The Balaban J connectivity index is 2.28. The van der Waals surface area contributed by atoms with E-state index in [1.54, 1.807) is 37.5 Å². The van der Waals surface area contributed by atoms with Crippen LogP contribution in [0.15, 0.2) is 47.5 Å². The third-order valence-electron chi connectivity index (χ3n) is 2.01. The van der Waals surface area contributed by atoms with Crippen molar-refractivity contribution in [2.24, 2.45) is 7.05 Å². The van der Waals surface area contributed by atoms with Gasteiger partial charge in [-0.25, -0.2) is 8.42 Å². The van der Waals surface area contributed by atoms with E-state index in [1.165, 1.54) is 16.8 Å². The summed E-state index contributed by atoms with van der Waals surface area (Å²) in [7, 11) is -1.80. The number of aromatic nitrogens is 2. The fourth-order valence-electron chi connectivity index (χ4n) is 1.27. The number of hydrogen-bond acceptors (Lipinski definition) is 3. The number of benzene rings is 1. The van der Waals surface area contributed by atoms with Gasteiger partial charge in [0.05, 0.1) is 4.90 Å². The van der Waals surface area contributed by atoms with Gasteiger partial charge < -0.3 is 0 Å². The summed E-state index contributed by atoms with van der Waals surface area (Å²) in [6.07, 6.45) is 1.67. The molecule has 0 fully saturated rings. The van der Waals surface area contributed by atoms with Crippen LogP contribution in [0.1, 0.15) is 0 Å². The molecule has 0 aliphatic heterocycles. The van der Waals surface area contributed by atoms with Crippen LogP contribution in [0.4, 0.5) is 5.82 Å². The Hall–Kier alpha value is -1.82. The minimum atomic E-state index is -3.53. The first-order chi connectivity index (χ1) is 7.58. The smallest absolute Gasteiger partial charge is 0.263 e. The van der Waals surface area contributed by atoms with Crippen LogP contribution in [0.25, 0.3) is 0 Å². The molecule has 2 aromatic rings. The summed E-state index contributed by atoms with van der Waals surface area (Å²) in [5.74, 6) is 0.311. The molecule has 6 heteroatoms. The Morgan fingerprint density at radius 2 is 1.88 bits per heavy atom. The third-order valence-corrected chi connectivity index (χ3v) is 3.38. The van der Waals surface area contributed by atoms with Gasteiger partial charge in [0.2, 0.25) is 0 Å². The second-order valence-electron chi connectivity index (χ2n) is 3.29. The number of nitrogens with zero attached hydrogens (tertiary/aromatic N) is 2. The number of anilines is 1. The SMILES string of the molecule is Cn1ccc(NS(=O)(=O)c2ccccc2)n1. The Labute approximate surface area is 93.8 Å². The van der Waals surface area contributed by atoms with Crippen LogP contribution in [0, 0.1) is 0 Å². The normalized spacial score (nSPS) is 11.3.